The van der Waals surface area contributed by atoms with E-state index in [0.29, 0.717) is 11.1 Å². The van der Waals surface area contributed by atoms with E-state index in [1.54, 1.807) is 0 Å². The minimum absolute atomic E-state index is 0.111. The molecule has 2 aliphatic heterocycles. The lowest BCUT2D eigenvalue weighted by atomic mass is 9.34. The van der Waals surface area contributed by atoms with Gasteiger partial charge in [0.05, 0.1) is 58.0 Å². The van der Waals surface area contributed by atoms with Crippen LogP contribution in [-0.4, -0.2) is 24.8 Å². The second kappa shape index (κ2) is 17.9. The number of hydrogen-bond acceptors (Lipinski definition) is 0. The van der Waals surface area contributed by atoms with Crippen molar-refractivity contribution in [3.05, 3.63) is 272 Å². The zero-order valence-corrected chi connectivity index (χ0v) is 50.9. The number of para-hydroxylation sites is 3. The van der Waals surface area contributed by atoms with Gasteiger partial charge < -0.3 is 18.1 Å². The van der Waals surface area contributed by atoms with Gasteiger partial charge in [0.25, 0.3) is 6.71 Å². The molecule has 0 bridgehead atoms. The van der Waals surface area contributed by atoms with E-state index in [9.17, 15) is 5.48 Å². The van der Waals surface area contributed by atoms with E-state index in [-0.39, 0.29) is 46.1 Å². The molecule has 0 saturated heterocycles. The maximum atomic E-state index is 9.68. The van der Waals surface area contributed by atoms with Crippen molar-refractivity contribution in [3.8, 4) is 39.3 Å². The maximum absolute atomic E-state index is 9.68. The number of aromatic nitrogens is 4. The quantitative estimate of drug-likeness (QED) is 0.157. The van der Waals surface area contributed by atoms with Crippen molar-refractivity contribution in [2.24, 2.45) is 0 Å². The smallest absolute Gasteiger partial charge is 0.252 e. The highest BCUT2D eigenvalue weighted by molar-refractivity contribution is 7.00. The standard InChI is InChI=1S/C86H61BN4/c1-85(2,3)54-36-40-73-66(46-54)67-47-55(86(4,5)6)37-41-74(67)88(73)56-38-42-76-68(48-56)69-44-53(51-23-11-8-12-24-51)45-71-83(69)91(76)84-79-64-32-19-30-62-60-28-16-14-26-58(60)57-25-13-15-27-59(57)61-29-17-18-34-72(61)89(81(62)64)77(79)49-78-80(84)87(71)70-33-20-31-63-65-43-52(50-21-9-7-10-22-50)35-39-75(65)90(78)82(63)70/h7-49H,1-6H3/i7D,8D,9D,10D,11D,12D,21D,22D,23D,24D. The Morgan fingerprint density at radius 2 is 0.813 bits per heavy atom. The molecule has 20 rings (SSSR count). The molecule has 2 aliphatic rings. The van der Waals surface area contributed by atoms with Crippen LogP contribution < -0.4 is 16.4 Å². The van der Waals surface area contributed by atoms with Crippen LogP contribution in [-0.2, 0) is 10.8 Å². The van der Waals surface area contributed by atoms with Crippen molar-refractivity contribution in [3.63, 3.8) is 0 Å². The molecule has 0 aliphatic carbocycles. The Balaban J connectivity index is 1.01. The molecule has 0 fully saturated rings. The Hall–Kier alpha value is -10.9. The second-order valence-electron chi connectivity index (χ2n) is 27.2. The molecule has 0 radical (unpaired) electrons. The third kappa shape index (κ3) is 6.85. The highest BCUT2D eigenvalue weighted by Gasteiger charge is 2.43. The van der Waals surface area contributed by atoms with Crippen molar-refractivity contribution < 1.29 is 13.7 Å². The molecule has 5 heteroatoms. The van der Waals surface area contributed by atoms with Crippen molar-refractivity contribution >= 4 is 148 Å². The monoisotopic (exact) mass is 1170 g/mol. The fourth-order valence-corrected chi connectivity index (χ4v) is 16.3. The predicted octanol–water partition coefficient (Wildman–Crippen LogP) is 20.6. The summed E-state index contributed by atoms with van der Waals surface area (Å²) in [6.07, 6.45) is 0. The molecular formula is C86H61BN4. The Bertz CT molecular complexity index is 6870. The van der Waals surface area contributed by atoms with Crippen LogP contribution in [0.15, 0.2) is 261 Å². The van der Waals surface area contributed by atoms with E-state index < -0.39 is 43.0 Å². The molecule has 0 amide bonds. The lowest BCUT2D eigenvalue weighted by Crippen LogP contribution is -2.59. The van der Waals surface area contributed by atoms with E-state index in [2.05, 4.69) is 242 Å². The van der Waals surface area contributed by atoms with Gasteiger partial charge in [-0.05, 0) is 155 Å². The fourth-order valence-electron chi connectivity index (χ4n) is 16.3. The summed E-state index contributed by atoms with van der Waals surface area (Å²) in [5.74, 6) is 0. The number of hydrogen-bond donors (Lipinski definition) is 0. The first-order valence-corrected chi connectivity index (χ1v) is 31.5. The summed E-state index contributed by atoms with van der Waals surface area (Å²) in [7, 11) is 0. The molecule has 18 aromatic rings. The third-order valence-electron chi connectivity index (χ3n) is 20.3. The normalized spacial score (nSPS) is 14.7. The number of benzene rings is 13. The molecule has 91 heavy (non-hydrogen) atoms. The summed E-state index contributed by atoms with van der Waals surface area (Å²) < 4.78 is 101. The first kappa shape index (κ1) is 42.1. The Labute approximate surface area is 540 Å². The summed E-state index contributed by atoms with van der Waals surface area (Å²) in [6, 6.07) is 68.7. The van der Waals surface area contributed by atoms with E-state index in [0.717, 1.165) is 159 Å². The van der Waals surface area contributed by atoms with Crippen LogP contribution in [0.25, 0.3) is 164 Å². The number of nitrogens with zero attached hydrogens (tertiary/aromatic N) is 4. The minimum atomic E-state index is -0.527. The molecule has 5 aromatic heterocycles. The van der Waals surface area contributed by atoms with Gasteiger partial charge in [-0.2, -0.15) is 0 Å². The van der Waals surface area contributed by atoms with Gasteiger partial charge in [0.15, 0.2) is 0 Å². The first-order chi connectivity index (χ1) is 48.6. The van der Waals surface area contributed by atoms with Gasteiger partial charge in [-0.25, -0.2) is 0 Å². The van der Waals surface area contributed by atoms with Gasteiger partial charge in [0.2, 0.25) is 0 Å². The van der Waals surface area contributed by atoms with Crippen LogP contribution in [0.5, 0.6) is 0 Å². The summed E-state index contributed by atoms with van der Waals surface area (Å²) in [5, 5.41) is 14.5. The van der Waals surface area contributed by atoms with Crippen molar-refractivity contribution in [1.82, 2.24) is 18.1 Å². The lowest BCUT2D eigenvalue weighted by molar-refractivity contribution is 0.590. The van der Waals surface area contributed by atoms with E-state index in [1.807, 2.05) is 18.2 Å². The third-order valence-corrected chi connectivity index (χ3v) is 20.3. The Morgan fingerprint density at radius 1 is 0.319 bits per heavy atom. The molecule has 0 N–H and O–H groups in total. The van der Waals surface area contributed by atoms with Crippen LogP contribution in [0.1, 0.15) is 66.4 Å². The van der Waals surface area contributed by atoms with Crippen LogP contribution in [0.2, 0.25) is 0 Å². The van der Waals surface area contributed by atoms with Gasteiger partial charge in [0, 0.05) is 76.3 Å². The van der Waals surface area contributed by atoms with Crippen molar-refractivity contribution in [2.45, 2.75) is 52.4 Å². The Morgan fingerprint density at radius 3 is 1.48 bits per heavy atom. The molecular weight excluding hydrogens is 1100 g/mol. The van der Waals surface area contributed by atoms with E-state index >= 15 is 0 Å². The van der Waals surface area contributed by atoms with Gasteiger partial charge in [-0.3, -0.25) is 0 Å². The molecule has 0 spiro atoms. The largest absolute Gasteiger partial charge is 0.310 e. The zero-order chi connectivity index (χ0) is 69.2. The summed E-state index contributed by atoms with van der Waals surface area (Å²) in [5.41, 5.74) is 18.0. The van der Waals surface area contributed by atoms with Gasteiger partial charge in [0.1, 0.15) is 0 Å². The van der Waals surface area contributed by atoms with Gasteiger partial charge >= 0.3 is 0 Å². The van der Waals surface area contributed by atoms with Crippen molar-refractivity contribution in [2.75, 3.05) is 0 Å². The number of fused-ring (bicyclic) bond motifs is 24. The molecule has 13 aromatic carbocycles. The van der Waals surface area contributed by atoms with Gasteiger partial charge in [-0.1, -0.05) is 229 Å². The fraction of sp³-hybridized carbons (Fsp3) is 0.0930. The predicted molar refractivity (Wildman–Crippen MR) is 390 cm³/mol. The summed E-state index contributed by atoms with van der Waals surface area (Å²) >= 11 is 0. The van der Waals surface area contributed by atoms with E-state index in [1.165, 1.54) is 11.1 Å². The molecule has 0 atom stereocenters. The maximum Gasteiger partial charge on any atom is 0.252 e. The summed E-state index contributed by atoms with van der Waals surface area (Å²) in [6.45, 7) is 13.0. The average molecular weight is 1170 g/mol. The molecule has 0 unspecified atom stereocenters. The molecule has 7 heterocycles. The Kier molecular flexibility index (Phi) is 8.30. The van der Waals surface area contributed by atoms with Crippen LogP contribution in [0.3, 0.4) is 0 Å². The van der Waals surface area contributed by atoms with Crippen LogP contribution in [0.4, 0.5) is 0 Å². The van der Waals surface area contributed by atoms with Gasteiger partial charge in [-0.15, -0.1) is 0 Å². The molecule has 4 nitrogen and oxygen atoms in total. The molecule has 428 valence electrons. The number of rotatable bonds is 3. The first-order valence-electron chi connectivity index (χ1n) is 36.5. The van der Waals surface area contributed by atoms with Crippen LogP contribution >= 0.6 is 0 Å². The molecule has 0 saturated carbocycles. The topological polar surface area (TPSA) is 19.2 Å². The van der Waals surface area contributed by atoms with E-state index in [4.69, 9.17) is 8.22 Å². The highest BCUT2D eigenvalue weighted by Crippen LogP contribution is 2.48. The average Bonchev–Trinajstić information content (AvgIpc) is 1.53. The minimum Gasteiger partial charge on any atom is -0.310 e. The second-order valence-corrected chi connectivity index (χ2v) is 27.2. The lowest BCUT2D eigenvalue weighted by Gasteiger charge is -2.34. The van der Waals surface area contributed by atoms with Crippen molar-refractivity contribution in [1.29, 1.82) is 0 Å². The zero-order valence-electron chi connectivity index (χ0n) is 60.9. The van der Waals surface area contributed by atoms with Crippen LogP contribution in [0, 0.1) is 0 Å². The highest BCUT2D eigenvalue weighted by atomic mass is 15.1. The summed E-state index contributed by atoms with van der Waals surface area (Å²) in [4.78, 5) is 0. The SMILES string of the molecule is [2H]c1c([2H])c([2H])c(-c2ccc3c(c2)c2cccc4c2n3-c2cc3c(c5c2B4c2cc(-c4c([2H])c([2H])c([2H])c([2H])c4[2H])cc4c6cc(-n7c8ccc(C(C)(C)C)cc8c8cc(C(C)(C)C)ccc87)ccc6n-5c24)c2cccc4c5ccccc5c5ccccc5c5ccccc5n3c42)c([2H])c1[2H].